The highest BCUT2D eigenvalue weighted by molar-refractivity contribution is 5.94. The van der Waals surface area contributed by atoms with E-state index in [4.69, 9.17) is 15.9 Å². The molecule has 1 aromatic carbocycles. The number of ether oxygens (including phenoxy) is 1. The van der Waals surface area contributed by atoms with Gasteiger partial charge in [-0.05, 0) is 38.1 Å². The van der Waals surface area contributed by atoms with Crippen molar-refractivity contribution in [1.82, 2.24) is 9.80 Å². The Morgan fingerprint density at radius 1 is 1.19 bits per heavy atom. The standard InChI is InChI=1S/C16H26N4O/c1-13(2)20-9-7-19(8-10-20)11-12-21-15-5-3-14(4-6-15)16(17)18/h3-6,13H,7-12H2,1-2H3,(H3,17,18). The average Bonchev–Trinajstić information content (AvgIpc) is 2.48. The van der Waals surface area contributed by atoms with E-state index in [1.54, 1.807) is 0 Å². The lowest BCUT2D eigenvalue weighted by molar-refractivity contribution is 0.0971. The number of nitrogens with two attached hydrogens (primary N) is 1. The number of hydrogen-bond donors (Lipinski definition) is 2. The van der Waals surface area contributed by atoms with Crippen molar-refractivity contribution in [1.29, 1.82) is 5.41 Å². The molecule has 21 heavy (non-hydrogen) atoms. The number of nitrogens with zero attached hydrogens (tertiary/aromatic N) is 2. The van der Waals surface area contributed by atoms with Crippen molar-refractivity contribution in [2.45, 2.75) is 19.9 Å². The summed E-state index contributed by atoms with van der Waals surface area (Å²) in [6, 6.07) is 8.02. The number of benzene rings is 1. The van der Waals surface area contributed by atoms with Crippen LogP contribution in [0.3, 0.4) is 0 Å². The quantitative estimate of drug-likeness (QED) is 0.613. The predicted molar refractivity (Wildman–Crippen MR) is 86.1 cm³/mol. The fraction of sp³-hybridized carbons (Fsp3) is 0.562. The molecule has 1 aromatic rings. The number of piperazine rings is 1. The molecule has 2 rings (SSSR count). The van der Waals surface area contributed by atoms with Crippen molar-refractivity contribution in [3.8, 4) is 5.75 Å². The van der Waals surface area contributed by atoms with Gasteiger partial charge in [0, 0.05) is 44.3 Å². The van der Waals surface area contributed by atoms with Gasteiger partial charge < -0.3 is 10.5 Å². The van der Waals surface area contributed by atoms with Gasteiger partial charge in [-0.15, -0.1) is 0 Å². The van der Waals surface area contributed by atoms with E-state index in [2.05, 4.69) is 23.6 Å². The van der Waals surface area contributed by atoms with E-state index in [0.717, 1.165) is 44.0 Å². The third kappa shape index (κ3) is 4.72. The van der Waals surface area contributed by atoms with Crippen molar-refractivity contribution in [2.24, 2.45) is 5.73 Å². The summed E-state index contributed by atoms with van der Waals surface area (Å²) in [4.78, 5) is 4.96. The molecule has 0 bridgehead atoms. The SMILES string of the molecule is CC(C)N1CCN(CCOc2ccc(C(=N)N)cc2)CC1. The van der Waals surface area contributed by atoms with Crippen molar-refractivity contribution >= 4 is 5.84 Å². The smallest absolute Gasteiger partial charge is 0.122 e. The van der Waals surface area contributed by atoms with E-state index in [9.17, 15) is 0 Å². The van der Waals surface area contributed by atoms with Gasteiger partial charge in [-0.3, -0.25) is 15.2 Å². The Kier molecular flexibility index (Phi) is 5.59. The van der Waals surface area contributed by atoms with Gasteiger partial charge in [0.15, 0.2) is 0 Å². The summed E-state index contributed by atoms with van der Waals surface area (Å²) >= 11 is 0. The second-order valence-corrected chi connectivity index (χ2v) is 5.76. The normalized spacial score (nSPS) is 17.1. The number of hydrogen-bond acceptors (Lipinski definition) is 4. The fourth-order valence-corrected chi connectivity index (χ4v) is 2.53. The maximum absolute atomic E-state index is 7.35. The van der Waals surface area contributed by atoms with E-state index in [-0.39, 0.29) is 5.84 Å². The summed E-state index contributed by atoms with van der Waals surface area (Å²) in [6.45, 7) is 10.7. The fourth-order valence-electron chi connectivity index (χ4n) is 2.53. The minimum absolute atomic E-state index is 0.0876. The lowest BCUT2D eigenvalue weighted by Crippen LogP contribution is -2.49. The molecule has 0 atom stereocenters. The van der Waals surface area contributed by atoms with Crippen molar-refractivity contribution in [2.75, 3.05) is 39.3 Å². The molecule has 0 aliphatic carbocycles. The average molecular weight is 290 g/mol. The third-order valence-corrected chi connectivity index (χ3v) is 3.98. The molecule has 0 saturated carbocycles. The van der Waals surface area contributed by atoms with E-state index < -0.39 is 0 Å². The van der Waals surface area contributed by atoms with Crippen molar-refractivity contribution < 1.29 is 4.74 Å². The van der Waals surface area contributed by atoms with Crippen molar-refractivity contribution in [3.63, 3.8) is 0 Å². The molecule has 0 amide bonds. The van der Waals surface area contributed by atoms with Gasteiger partial charge in [0.2, 0.25) is 0 Å². The molecule has 1 aliphatic rings. The minimum Gasteiger partial charge on any atom is -0.492 e. The zero-order valence-electron chi connectivity index (χ0n) is 13.0. The summed E-state index contributed by atoms with van der Waals surface area (Å²) < 4.78 is 5.75. The van der Waals surface area contributed by atoms with Crippen LogP contribution < -0.4 is 10.5 Å². The molecule has 116 valence electrons. The van der Waals surface area contributed by atoms with Crippen molar-refractivity contribution in [3.05, 3.63) is 29.8 Å². The Labute approximate surface area is 127 Å². The summed E-state index contributed by atoms with van der Waals surface area (Å²) in [5, 5.41) is 7.35. The topological polar surface area (TPSA) is 65.6 Å². The highest BCUT2D eigenvalue weighted by Crippen LogP contribution is 2.12. The summed E-state index contributed by atoms with van der Waals surface area (Å²) in [6.07, 6.45) is 0. The van der Waals surface area contributed by atoms with Crippen LogP contribution in [0.5, 0.6) is 5.75 Å². The van der Waals surface area contributed by atoms with Crippen LogP contribution in [0.2, 0.25) is 0 Å². The maximum atomic E-state index is 7.35. The molecule has 1 heterocycles. The van der Waals surface area contributed by atoms with Crippen LogP contribution in [0, 0.1) is 5.41 Å². The van der Waals surface area contributed by atoms with Gasteiger partial charge in [-0.25, -0.2) is 0 Å². The second kappa shape index (κ2) is 7.43. The Hall–Kier alpha value is -1.59. The molecule has 5 nitrogen and oxygen atoms in total. The summed E-state index contributed by atoms with van der Waals surface area (Å²) in [7, 11) is 0. The molecule has 0 spiro atoms. The van der Waals surface area contributed by atoms with E-state index in [1.165, 1.54) is 0 Å². The lowest BCUT2D eigenvalue weighted by Gasteiger charge is -2.36. The number of rotatable bonds is 6. The van der Waals surface area contributed by atoms with Crippen LogP contribution in [0.15, 0.2) is 24.3 Å². The Bertz CT molecular complexity index is 450. The Balaban J connectivity index is 1.69. The minimum atomic E-state index is 0.0876. The first-order chi connectivity index (χ1) is 10.1. The molecule has 0 radical (unpaired) electrons. The van der Waals surface area contributed by atoms with E-state index in [0.29, 0.717) is 12.6 Å². The number of amidine groups is 1. The molecule has 0 unspecified atom stereocenters. The molecular formula is C16H26N4O. The molecule has 3 N–H and O–H groups in total. The summed E-state index contributed by atoms with van der Waals surface area (Å²) in [5.41, 5.74) is 6.15. The largest absolute Gasteiger partial charge is 0.492 e. The van der Waals surface area contributed by atoms with Gasteiger partial charge in [-0.2, -0.15) is 0 Å². The first-order valence-corrected chi connectivity index (χ1v) is 7.60. The molecule has 1 aliphatic heterocycles. The van der Waals surface area contributed by atoms with Crippen LogP contribution in [0.4, 0.5) is 0 Å². The maximum Gasteiger partial charge on any atom is 0.122 e. The highest BCUT2D eigenvalue weighted by Gasteiger charge is 2.18. The van der Waals surface area contributed by atoms with Gasteiger partial charge in [0.1, 0.15) is 18.2 Å². The first-order valence-electron chi connectivity index (χ1n) is 7.60. The zero-order chi connectivity index (χ0) is 15.2. The van der Waals surface area contributed by atoms with Crippen LogP contribution in [-0.4, -0.2) is 61.0 Å². The molecule has 0 aromatic heterocycles. The predicted octanol–water partition coefficient (Wildman–Crippen LogP) is 1.38. The summed E-state index contributed by atoms with van der Waals surface area (Å²) in [5.74, 6) is 0.922. The van der Waals surface area contributed by atoms with Gasteiger partial charge in [-0.1, -0.05) is 0 Å². The second-order valence-electron chi connectivity index (χ2n) is 5.76. The Morgan fingerprint density at radius 3 is 2.33 bits per heavy atom. The van der Waals surface area contributed by atoms with E-state index in [1.807, 2.05) is 24.3 Å². The molecule has 1 fully saturated rings. The number of nitrogen functional groups attached to an aromatic ring is 1. The highest BCUT2D eigenvalue weighted by atomic mass is 16.5. The van der Waals surface area contributed by atoms with Gasteiger partial charge in [0.05, 0.1) is 0 Å². The molecular weight excluding hydrogens is 264 g/mol. The number of nitrogens with one attached hydrogen (secondary N) is 1. The third-order valence-electron chi connectivity index (χ3n) is 3.98. The van der Waals surface area contributed by atoms with Gasteiger partial charge >= 0.3 is 0 Å². The van der Waals surface area contributed by atoms with Crippen LogP contribution in [0.1, 0.15) is 19.4 Å². The Morgan fingerprint density at radius 2 is 1.81 bits per heavy atom. The molecule has 1 saturated heterocycles. The van der Waals surface area contributed by atoms with Crippen LogP contribution in [0.25, 0.3) is 0 Å². The monoisotopic (exact) mass is 290 g/mol. The molecule has 5 heteroatoms. The van der Waals surface area contributed by atoms with Crippen LogP contribution in [-0.2, 0) is 0 Å². The first kappa shape index (κ1) is 15.8. The lowest BCUT2D eigenvalue weighted by atomic mass is 10.2. The van der Waals surface area contributed by atoms with Crippen LogP contribution >= 0.6 is 0 Å². The van der Waals surface area contributed by atoms with Gasteiger partial charge in [0.25, 0.3) is 0 Å². The van der Waals surface area contributed by atoms with E-state index >= 15 is 0 Å². The zero-order valence-corrected chi connectivity index (χ0v) is 13.0.